The van der Waals surface area contributed by atoms with Crippen molar-refractivity contribution >= 4 is 61.6 Å². The van der Waals surface area contributed by atoms with Crippen LogP contribution in [0.5, 0.6) is 0 Å². The van der Waals surface area contributed by atoms with E-state index in [0.29, 0.717) is 0 Å². The zero-order valence-electron chi connectivity index (χ0n) is 22.9. The van der Waals surface area contributed by atoms with E-state index in [1.807, 2.05) is 0 Å². The first kappa shape index (κ1) is 24.9. The van der Waals surface area contributed by atoms with Gasteiger partial charge in [0.2, 0.25) is 0 Å². The Morgan fingerprint density at radius 1 is 0.357 bits per heavy atom. The van der Waals surface area contributed by atoms with Gasteiger partial charge in [0.15, 0.2) is 0 Å². The van der Waals surface area contributed by atoms with Gasteiger partial charge >= 0.3 is 253 Å². The Hall–Kier alpha value is -4.88. The number of anilines is 3. The maximum absolute atomic E-state index is 2.42. The van der Waals surface area contributed by atoms with Gasteiger partial charge in [0.25, 0.3) is 0 Å². The Morgan fingerprint density at radius 3 is 1.48 bits per heavy atom. The van der Waals surface area contributed by atoms with Gasteiger partial charge in [-0.05, 0) is 0 Å². The average molecular weight is 601 g/mol. The summed E-state index contributed by atoms with van der Waals surface area (Å²) in [6.07, 6.45) is 0. The molecule has 0 saturated heterocycles. The van der Waals surface area contributed by atoms with Crippen LogP contribution in [0.4, 0.5) is 17.1 Å². The molecule has 0 bridgehead atoms. The molecule has 0 radical (unpaired) electrons. The van der Waals surface area contributed by atoms with Gasteiger partial charge in [0, 0.05) is 0 Å². The quantitative estimate of drug-likeness (QED) is 0.178. The Bertz CT molecular complexity index is 2080. The minimum absolute atomic E-state index is 0.252. The Labute approximate surface area is 251 Å². The van der Waals surface area contributed by atoms with Crippen LogP contribution >= 0.6 is 0 Å². The first-order valence-electron chi connectivity index (χ1n) is 14.3. The zero-order chi connectivity index (χ0) is 27.9. The standard InChI is InChI=1S/C40H27NSe/c1-3-9-28(10-4-1)30-15-20-33(21-16-30)41(34-22-17-31(18-23-34)29-11-5-2-6-12-29)35-24-26-37-38-25-19-32-13-7-8-14-36(32)40(38)42-39(37)27-35/h1-27H. The second kappa shape index (κ2) is 10.5. The van der Waals surface area contributed by atoms with Crippen LogP contribution in [0.2, 0.25) is 0 Å². The summed E-state index contributed by atoms with van der Waals surface area (Å²) in [6.45, 7) is 0. The van der Waals surface area contributed by atoms with Gasteiger partial charge in [-0.3, -0.25) is 0 Å². The fourth-order valence-electron chi connectivity index (χ4n) is 5.95. The number of fused-ring (bicyclic) bond motifs is 5. The molecule has 198 valence electrons. The fraction of sp³-hybridized carbons (Fsp3) is 0. The van der Waals surface area contributed by atoms with Crippen LogP contribution in [0.1, 0.15) is 0 Å². The molecule has 0 spiro atoms. The van der Waals surface area contributed by atoms with Crippen LogP contribution in [-0.4, -0.2) is 14.5 Å². The van der Waals surface area contributed by atoms with Crippen molar-refractivity contribution in [2.75, 3.05) is 4.90 Å². The van der Waals surface area contributed by atoms with Gasteiger partial charge in [-0.25, -0.2) is 0 Å². The Balaban J connectivity index is 1.26. The van der Waals surface area contributed by atoms with Crippen LogP contribution in [-0.2, 0) is 0 Å². The molecule has 1 heterocycles. The van der Waals surface area contributed by atoms with Gasteiger partial charge in [-0.15, -0.1) is 0 Å². The molecule has 0 atom stereocenters. The van der Waals surface area contributed by atoms with Crippen LogP contribution in [0.15, 0.2) is 164 Å². The van der Waals surface area contributed by atoms with E-state index < -0.39 is 0 Å². The molecule has 1 nitrogen and oxygen atoms in total. The average Bonchev–Trinajstić information content (AvgIpc) is 3.45. The molecule has 42 heavy (non-hydrogen) atoms. The van der Waals surface area contributed by atoms with E-state index in [-0.39, 0.29) is 14.5 Å². The Kier molecular flexibility index (Phi) is 6.22. The second-order valence-corrected chi connectivity index (χ2v) is 12.8. The van der Waals surface area contributed by atoms with Gasteiger partial charge in [0.1, 0.15) is 0 Å². The van der Waals surface area contributed by atoms with Gasteiger partial charge < -0.3 is 0 Å². The van der Waals surface area contributed by atoms with E-state index in [1.54, 1.807) is 0 Å². The number of nitrogens with zero attached hydrogens (tertiary/aromatic N) is 1. The third-order valence-electron chi connectivity index (χ3n) is 8.07. The number of hydrogen-bond acceptors (Lipinski definition) is 1. The van der Waals surface area contributed by atoms with Crippen LogP contribution in [0, 0.1) is 0 Å². The number of rotatable bonds is 5. The van der Waals surface area contributed by atoms with Gasteiger partial charge in [-0.2, -0.15) is 0 Å². The van der Waals surface area contributed by atoms with Crippen molar-refractivity contribution in [3.63, 3.8) is 0 Å². The molecule has 7 aromatic carbocycles. The zero-order valence-corrected chi connectivity index (χ0v) is 24.7. The summed E-state index contributed by atoms with van der Waals surface area (Å²) in [6, 6.07) is 59.5. The Morgan fingerprint density at radius 2 is 0.857 bits per heavy atom. The topological polar surface area (TPSA) is 3.24 Å². The molecule has 0 amide bonds. The molecular weight excluding hydrogens is 573 g/mol. The molecule has 2 heteroatoms. The first-order chi connectivity index (χ1) is 20.8. The fourth-order valence-corrected chi connectivity index (χ4v) is 8.61. The summed E-state index contributed by atoms with van der Waals surface area (Å²) in [4.78, 5) is 2.39. The summed E-state index contributed by atoms with van der Waals surface area (Å²) in [7, 11) is 0. The van der Waals surface area contributed by atoms with Crippen LogP contribution < -0.4 is 4.90 Å². The summed E-state index contributed by atoms with van der Waals surface area (Å²) < 4.78 is 2.94. The van der Waals surface area contributed by atoms with Crippen molar-refractivity contribution in [3.05, 3.63) is 164 Å². The summed E-state index contributed by atoms with van der Waals surface area (Å²) in [5, 5.41) is 5.47. The van der Waals surface area contributed by atoms with E-state index in [1.165, 1.54) is 58.0 Å². The summed E-state index contributed by atoms with van der Waals surface area (Å²) >= 11 is 0.252. The normalized spacial score (nSPS) is 11.3. The van der Waals surface area contributed by atoms with E-state index in [2.05, 4.69) is 169 Å². The maximum atomic E-state index is 2.42. The molecule has 0 unspecified atom stereocenters. The molecule has 0 fully saturated rings. The predicted octanol–water partition coefficient (Wildman–Crippen LogP) is 11.0. The molecule has 0 saturated carbocycles. The molecule has 1 aromatic heterocycles. The van der Waals surface area contributed by atoms with Crippen molar-refractivity contribution in [1.29, 1.82) is 0 Å². The number of benzene rings is 7. The summed E-state index contributed by atoms with van der Waals surface area (Å²) in [5.74, 6) is 0. The molecule has 8 rings (SSSR count). The molecule has 8 aromatic rings. The van der Waals surface area contributed by atoms with Crippen molar-refractivity contribution in [3.8, 4) is 22.3 Å². The van der Waals surface area contributed by atoms with E-state index in [0.717, 1.165) is 11.4 Å². The monoisotopic (exact) mass is 601 g/mol. The van der Waals surface area contributed by atoms with E-state index in [9.17, 15) is 0 Å². The molecular formula is C40H27NSe. The van der Waals surface area contributed by atoms with E-state index >= 15 is 0 Å². The van der Waals surface area contributed by atoms with Gasteiger partial charge in [0.05, 0.1) is 0 Å². The predicted molar refractivity (Wildman–Crippen MR) is 181 cm³/mol. The second-order valence-electron chi connectivity index (χ2n) is 10.6. The van der Waals surface area contributed by atoms with Crippen LogP contribution in [0.25, 0.3) is 52.3 Å². The minimum atomic E-state index is 0.252. The van der Waals surface area contributed by atoms with E-state index in [4.69, 9.17) is 0 Å². The molecule has 0 aliphatic carbocycles. The van der Waals surface area contributed by atoms with Gasteiger partial charge in [-0.1, -0.05) is 0 Å². The summed E-state index contributed by atoms with van der Waals surface area (Å²) in [5.41, 5.74) is 8.39. The SMILES string of the molecule is c1ccc(-c2ccc(N(c3ccc(-c4ccccc4)cc3)c3ccc4c(c3)[se]c3c5ccccc5ccc43)cc2)cc1. The van der Waals surface area contributed by atoms with Crippen LogP contribution in [0.3, 0.4) is 0 Å². The number of hydrogen-bond donors (Lipinski definition) is 0. The van der Waals surface area contributed by atoms with Crippen molar-refractivity contribution in [2.45, 2.75) is 0 Å². The third kappa shape index (κ3) is 4.43. The van der Waals surface area contributed by atoms with Crippen molar-refractivity contribution in [1.82, 2.24) is 0 Å². The molecule has 0 aliphatic rings. The first-order valence-corrected chi connectivity index (χ1v) is 16.0. The van der Waals surface area contributed by atoms with Crippen molar-refractivity contribution < 1.29 is 0 Å². The third-order valence-corrected chi connectivity index (χ3v) is 10.6. The molecule has 0 aliphatic heterocycles. The molecule has 0 N–H and O–H groups in total. The van der Waals surface area contributed by atoms with Crippen molar-refractivity contribution in [2.24, 2.45) is 0 Å².